The van der Waals surface area contributed by atoms with Crippen LogP contribution < -0.4 is 10.6 Å². The first-order valence-electron chi connectivity index (χ1n) is 9.59. The Morgan fingerprint density at radius 1 is 1.39 bits per heavy atom. The minimum Gasteiger partial charge on any atom is -0.339 e. The summed E-state index contributed by atoms with van der Waals surface area (Å²) in [6.45, 7) is 4.89. The molecule has 0 saturated carbocycles. The molecule has 2 aromatic rings. The van der Waals surface area contributed by atoms with Crippen molar-refractivity contribution in [3.8, 4) is 0 Å². The summed E-state index contributed by atoms with van der Waals surface area (Å²) in [5.74, 6) is -0.263. The Bertz CT molecular complexity index is 849. The standard InChI is InChI=1S/C19H25N5O2S.ClH/c1-2-3-15(19(26)24-8-5-16-12(11-24)6-9-27-16)21-18(25)17-13-10-20-7-4-14(13)22-23-17;/h6,9,15,20H,2-5,7-8,10-11H2,1H3,(H,21,25)(H,22,23);1H. The van der Waals surface area contributed by atoms with Crippen LogP contribution in [0, 0.1) is 0 Å². The minimum atomic E-state index is -0.508. The van der Waals surface area contributed by atoms with Gasteiger partial charge in [0, 0.05) is 48.7 Å². The van der Waals surface area contributed by atoms with Gasteiger partial charge in [-0.2, -0.15) is 5.10 Å². The largest absolute Gasteiger partial charge is 0.339 e. The summed E-state index contributed by atoms with van der Waals surface area (Å²) in [7, 11) is 0. The van der Waals surface area contributed by atoms with Gasteiger partial charge in [-0.1, -0.05) is 13.3 Å². The maximum absolute atomic E-state index is 13.1. The predicted molar refractivity (Wildman–Crippen MR) is 111 cm³/mol. The third kappa shape index (κ3) is 4.09. The maximum atomic E-state index is 13.1. The lowest BCUT2D eigenvalue weighted by Gasteiger charge is -2.30. The number of nitrogens with one attached hydrogen (secondary N) is 3. The smallest absolute Gasteiger partial charge is 0.272 e. The molecule has 0 radical (unpaired) electrons. The Labute approximate surface area is 174 Å². The van der Waals surface area contributed by atoms with Gasteiger partial charge in [0.2, 0.25) is 5.91 Å². The molecule has 2 aromatic heterocycles. The third-order valence-electron chi connectivity index (χ3n) is 5.32. The second kappa shape index (κ2) is 9.07. The van der Waals surface area contributed by atoms with Gasteiger partial charge in [-0.05, 0) is 29.9 Å². The molecule has 0 aliphatic carbocycles. The molecular weight excluding hydrogens is 398 g/mol. The van der Waals surface area contributed by atoms with Gasteiger partial charge >= 0.3 is 0 Å². The highest BCUT2D eigenvalue weighted by molar-refractivity contribution is 7.10. The molecule has 0 bridgehead atoms. The van der Waals surface area contributed by atoms with Crippen LogP contribution in [-0.2, 0) is 30.7 Å². The third-order valence-corrected chi connectivity index (χ3v) is 6.34. The fourth-order valence-corrected chi connectivity index (χ4v) is 4.73. The van der Waals surface area contributed by atoms with Gasteiger partial charge < -0.3 is 15.5 Å². The summed E-state index contributed by atoms with van der Waals surface area (Å²) in [4.78, 5) is 29.1. The highest BCUT2D eigenvalue weighted by Gasteiger charge is 2.30. The van der Waals surface area contributed by atoms with Crippen molar-refractivity contribution in [2.24, 2.45) is 0 Å². The summed E-state index contributed by atoms with van der Waals surface area (Å²) >= 11 is 1.75. The predicted octanol–water partition coefficient (Wildman–Crippen LogP) is 2.02. The van der Waals surface area contributed by atoms with Crippen LogP contribution in [-0.4, -0.2) is 46.0 Å². The lowest BCUT2D eigenvalue weighted by Crippen LogP contribution is -2.49. The van der Waals surface area contributed by atoms with E-state index in [1.54, 1.807) is 11.3 Å². The molecule has 1 atom stereocenters. The number of nitrogens with zero attached hydrogens (tertiary/aromatic N) is 2. The zero-order chi connectivity index (χ0) is 18.8. The first kappa shape index (κ1) is 20.8. The number of hydrogen-bond acceptors (Lipinski definition) is 5. The number of aromatic nitrogens is 2. The van der Waals surface area contributed by atoms with E-state index in [9.17, 15) is 9.59 Å². The van der Waals surface area contributed by atoms with E-state index in [-0.39, 0.29) is 24.2 Å². The van der Waals surface area contributed by atoms with Gasteiger partial charge in [0.15, 0.2) is 5.69 Å². The summed E-state index contributed by atoms with van der Waals surface area (Å²) in [5.41, 5.74) is 3.57. The van der Waals surface area contributed by atoms with E-state index in [0.29, 0.717) is 31.7 Å². The highest BCUT2D eigenvalue weighted by atomic mass is 35.5. The molecule has 1 unspecified atom stereocenters. The lowest BCUT2D eigenvalue weighted by molar-refractivity contribution is -0.134. The molecule has 0 fully saturated rings. The van der Waals surface area contributed by atoms with Crippen molar-refractivity contribution in [2.75, 3.05) is 13.1 Å². The first-order chi connectivity index (χ1) is 13.2. The number of carbonyl (C=O) groups is 2. The van der Waals surface area contributed by atoms with Crippen LogP contribution in [0.4, 0.5) is 0 Å². The maximum Gasteiger partial charge on any atom is 0.272 e. The van der Waals surface area contributed by atoms with Crippen molar-refractivity contribution in [1.29, 1.82) is 0 Å². The SMILES string of the molecule is CCCC(NC(=O)c1n[nH]c2c1CNCC2)C(=O)N1CCc2sccc2C1.Cl. The van der Waals surface area contributed by atoms with Crippen LogP contribution in [0.25, 0.3) is 0 Å². The van der Waals surface area contributed by atoms with Gasteiger partial charge in [0.05, 0.1) is 0 Å². The number of halogens is 1. The van der Waals surface area contributed by atoms with Crippen molar-refractivity contribution in [1.82, 2.24) is 25.7 Å². The highest BCUT2D eigenvalue weighted by Crippen LogP contribution is 2.25. The normalized spacial score (nSPS) is 16.5. The van der Waals surface area contributed by atoms with Crippen LogP contribution in [0.1, 0.15) is 52.0 Å². The zero-order valence-corrected chi connectivity index (χ0v) is 17.5. The van der Waals surface area contributed by atoms with Crippen molar-refractivity contribution in [3.05, 3.63) is 38.8 Å². The van der Waals surface area contributed by atoms with Crippen molar-refractivity contribution < 1.29 is 9.59 Å². The Morgan fingerprint density at radius 3 is 3.07 bits per heavy atom. The second-order valence-corrected chi connectivity index (χ2v) is 8.15. The van der Waals surface area contributed by atoms with Crippen LogP contribution >= 0.6 is 23.7 Å². The molecule has 9 heteroatoms. The first-order valence-corrected chi connectivity index (χ1v) is 10.5. The van der Waals surface area contributed by atoms with E-state index in [1.807, 2.05) is 11.8 Å². The van der Waals surface area contributed by atoms with Gasteiger partial charge in [0.25, 0.3) is 5.91 Å². The Hall–Kier alpha value is -1.90. The summed E-state index contributed by atoms with van der Waals surface area (Å²) in [6.07, 6.45) is 3.19. The molecular formula is C19H26ClN5O2S. The molecule has 0 aromatic carbocycles. The summed E-state index contributed by atoms with van der Waals surface area (Å²) < 4.78 is 0. The van der Waals surface area contributed by atoms with E-state index in [2.05, 4.69) is 32.3 Å². The fourth-order valence-electron chi connectivity index (χ4n) is 3.84. The van der Waals surface area contributed by atoms with E-state index >= 15 is 0 Å². The summed E-state index contributed by atoms with van der Waals surface area (Å²) in [5, 5.41) is 15.5. The van der Waals surface area contributed by atoms with Crippen LogP contribution in [0.3, 0.4) is 0 Å². The average molecular weight is 424 g/mol. The summed E-state index contributed by atoms with van der Waals surface area (Å²) in [6, 6.07) is 1.59. The van der Waals surface area contributed by atoms with Crippen molar-refractivity contribution in [3.63, 3.8) is 0 Å². The molecule has 152 valence electrons. The molecule has 3 N–H and O–H groups in total. The number of carbonyl (C=O) groups excluding carboxylic acids is 2. The second-order valence-electron chi connectivity index (χ2n) is 7.15. The van der Waals surface area contributed by atoms with Gasteiger partial charge in [-0.15, -0.1) is 23.7 Å². The molecule has 2 aliphatic rings. The number of amides is 2. The topological polar surface area (TPSA) is 90.1 Å². The number of thiophene rings is 1. The number of hydrogen-bond donors (Lipinski definition) is 3. The molecule has 4 rings (SSSR count). The molecule has 2 aliphatic heterocycles. The Balaban J connectivity index is 0.00000225. The van der Waals surface area contributed by atoms with Crippen LogP contribution in [0.2, 0.25) is 0 Å². The number of rotatable bonds is 5. The molecule has 0 spiro atoms. The molecule has 4 heterocycles. The molecule has 7 nitrogen and oxygen atoms in total. The molecule has 28 heavy (non-hydrogen) atoms. The monoisotopic (exact) mass is 423 g/mol. The molecule has 0 saturated heterocycles. The fraction of sp³-hybridized carbons (Fsp3) is 0.526. The number of aromatic amines is 1. The van der Waals surface area contributed by atoms with E-state index in [0.717, 1.165) is 37.1 Å². The number of H-pyrrole nitrogens is 1. The van der Waals surface area contributed by atoms with Crippen LogP contribution in [0.15, 0.2) is 11.4 Å². The van der Waals surface area contributed by atoms with Crippen molar-refractivity contribution in [2.45, 2.75) is 51.7 Å². The van der Waals surface area contributed by atoms with Crippen LogP contribution in [0.5, 0.6) is 0 Å². The minimum absolute atomic E-state index is 0. The lowest BCUT2D eigenvalue weighted by atomic mass is 10.0. The Kier molecular flexibility index (Phi) is 6.74. The van der Waals surface area contributed by atoms with E-state index in [1.165, 1.54) is 10.4 Å². The Morgan fingerprint density at radius 2 is 2.25 bits per heavy atom. The van der Waals surface area contributed by atoms with Gasteiger partial charge in [-0.25, -0.2) is 0 Å². The van der Waals surface area contributed by atoms with Gasteiger partial charge in [-0.3, -0.25) is 14.7 Å². The molecule has 2 amide bonds. The van der Waals surface area contributed by atoms with E-state index in [4.69, 9.17) is 0 Å². The quantitative estimate of drug-likeness (QED) is 0.686. The zero-order valence-electron chi connectivity index (χ0n) is 15.9. The van der Waals surface area contributed by atoms with Gasteiger partial charge in [0.1, 0.15) is 6.04 Å². The average Bonchev–Trinajstić information content (AvgIpc) is 3.33. The van der Waals surface area contributed by atoms with E-state index < -0.39 is 6.04 Å². The number of fused-ring (bicyclic) bond motifs is 2. The van der Waals surface area contributed by atoms with Crippen molar-refractivity contribution >= 4 is 35.6 Å².